The van der Waals surface area contributed by atoms with Gasteiger partial charge in [-0.05, 0) is 55.3 Å². The number of methoxy groups -OCH3 is 1. The molecule has 0 aliphatic heterocycles. The topological polar surface area (TPSA) is 35.8 Å². The van der Waals surface area contributed by atoms with Crippen LogP contribution in [0.1, 0.15) is 13.3 Å². The van der Waals surface area contributed by atoms with Crippen LogP contribution in [0.2, 0.25) is 5.02 Å². The number of ether oxygens (including phenoxy) is 2. The Balaban J connectivity index is 1.97. The van der Waals surface area contributed by atoms with Crippen LogP contribution in [-0.4, -0.2) is 24.9 Å². The Kier molecular flexibility index (Phi) is 7.10. The summed E-state index contributed by atoms with van der Waals surface area (Å²) in [5, 5.41) is 2.88. The molecule has 0 saturated carbocycles. The molecule has 0 aliphatic carbocycles. The van der Waals surface area contributed by atoms with Crippen molar-refractivity contribution in [2.45, 2.75) is 19.9 Å². The number of halogens is 1. The van der Waals surface area contributed by atoms with Crippen LogP contribution in [-0.2, 0) is 11.3 Å². The zero-order valence-electron chi connectivity index (χ0n) is 15.5. The van der Waals surface area contributed by atoms with Crippen LogP contribution in [0.15, 0.2) is 58.9 Å². The number of hydrogen-bond donors (Lipinski definition) is 0. The van der Waals surface area contributed by atoms with Gasteiger partial charge in [0.05, 0.1) is 18.0 Å². The van der Waals surface area contributed by atoms with Gasteiger partial charge < -0.3 is 14.0 Å². The highest BCUT2D eigenvalue weighted by Gasteiger charge is 2.08. The van der Waals surface area contributed by atoms with Gasteiger partial charge in [-0.1, -0.05) is 23.7 Å². The van der Waals surface area contributed by atoms with Crippen LogP contribution in [0, 0.1) is 0 Å². The Labute approximate surface area is 168 Å². The van der Waals surface area contributed by atoms with Crippen molar-refractivity contribution in [3.05, 3.63) is 63.7 Å². The summed E-state index contributed by atoms with van der Waals surface area (Å²) in [6, 6.07) is 15.8. The first-order chi connectivity index (χ1) is 13.2. The lowest BCUT2D eigenvalue weighted by Crippen LogP contribution is -2.17. The fourth-order valence-electron chi connectivity index (χ4n) is 2.75. The predicted octanol–water partition coefficient (Wildman–Crippen LogP) is 5.54. The van der Waals surface area contributed by atoms with Gasteiger partial charge in [0.2, 0.25) is 0 Å². The lowest BCUT2D eigenvalue weighted by Gasteiger charge is -2.09. The zero-order chi connectivity index (χ0) is 19.1. The maximum Gasteiger partial charge on any atom is 0.190 e. The van der Waals surface area contributed by atoms with Crippen molar-refractivity contribution in [1.29, 1.82) is 0 Å². The normalized spacial score (nSPS) is 11.7. The Morgan fingerprint density at radius 2 is 1.81 bits per heavy atom. The van der Waals surface area contributed by atoms with E-state index in [-0.39, 0.29) is 0 Å². The minimum absolute atomic E-state index is 0.658. The number of nitrogens with zero attached hydrogens (tertiary/aromatic N) is 2. The number of benzene rings is 2. The molecule has 1 heterocycles. The van der Waals surface area contributed by atoms with E-state index in [1.807, 2.05) is 55.5 Å². The van der Waals surface area contributed by atoms with Gasteiger partial charge in [0, 0.05) is 30.7 Å². The molecule has 0 N–H and O–H groups in total. The summed E-state index contributed by atoms with van der Waals surface area (Å²) in [4.78, 5) is 5.80. The van der Waals surface area contributed by atoms with Gasteiger partial charge in [0.1, 0.15) is 5.75 Å². The summed E-state index contributed by atoms with van der Waals surface area (Å²) in [5.74, 6) is 0.859. The molecule has 27 heavy (non-hydrogen) atoms. The highest BCUT2D eigenvalue weighted by atomic mass is 35.5. The highest BCUT2D eigenvalue weighted by molar-refractivity contribution is 7.07. The molecule has 1 aromatic heterocycles. The molecule has 0 fully saturated rings. The van der Waals surface area contributed by atoms with Gasteiger partial charge in [-0.15, -0.1) is 11.3 Å². The maximum absolute atomic E-state index is 6.04. The van der Waals surface area contributed by atoms with E-state index in [1.165, 1.54) is 0 Å². The Hall–Kier alpha value is -2.08. The van der Waals surface area contributed by atoms with Crippen molar-refractivity contribution in [2.75, 3.05) is 20.3 Å². The minimum atomic E-state index is 0.658. The second-order valence-corrected chi connectivity index (χ2v) is 7.22. The minimum Gasteiger partial charge on any atom is -0.494 e. The van der Waals surface area contributed by atoms with Crippen molar-refractivity contribution in [1.82, 2.24) is 4.57 Å². The van der Waals surface area contributed by atoms with Crippen LogP contribution < -0.4 is 9.54 Å². The van der Waals surface area contributed by atoms with Crippen molar-refractivity contribution in [3.63, 3.8) is 0 Å². The summed E-state index contributed by atoms with van der Waals surface area (Å²) < 4.78 is 13.0. The molecule has 0 unspecified atom stereocenters. The zero-order valence-corrected chi connectivity index (χ0v) is 17.1. The molecule has 142 valence electrons. The summed E-state index contributed by atoms with van der Waals surface area (Å²) in [7, 11) is 1.73. The lowest BCUT2D eigenvalue weighted by molar-refractivity contribution is 0.190. The van der Waals surface area contributed by atoms with Crippen molar-refractivity contribution < 1.29 is 9.47 Å². The van der Waals surface area contributed by atoms with Gasteiger partial charge in [-0.3, -0.25) is 0 Å². The molecular weight excluding hydrogens is 380 g/mol. The molecule has 0 bridgehead atoms. The molecule has 0 saturated heterocycles. The third kappa shape index (κ3) is 5.22. The molecule has 0 atom stereocenters. The third-order valence-corrected chi connectivity index (χ3v) is 5.16. The average molecular weight is 403 g/mol. The largest absolute Gasteiger partial charge is 0.494 e. The molecule has 4 nitrogen and oxygen atoms in total. The van der Waals surface area contributed by atoms with E-state index in [9.17, 15) is 0 Å². The Bertz CT molecular complexity index is 915. The molecule has 0 aliphatic rings. The van der Waals surface area contributed by atoms with E-state index in [2.05, 4.69) is 9.95 Å². The molecule has 0 radical (unpaired) electrons. The van der Waals surface area contributed by atoms with Crippen molar-refractivity contribution in [2.24, 2.45) is 4.99 Å². The summed E-state index contributed by atoms with van der Waals surface area (Å²) in [6.45, 7) is 4.19. The first-order valence-corrected chi connectivity index (χ1v) is 10.2. The van der Waals surface area contributed by atoms with Gasteiger partial charge in [-0.2, -0.15) is 0 Å². The quantitative estimate of drug-likeness (QED) is 0.464. The molecule has 3 aromatic rings. The second kappa shape index (κ2) is 9.74. The number of thiazole rings is 1. The van der Waals surface area contributed by atoms with Crippen molar-refractivity contribution >= 4 is 28.6 Å². The predicted molar refractivity (Wildman–Crippen MR) is 112 cm³/mol. The summed E-state index contributed by atoms with van der Waals surface area (Å²) in [5.41, 5.74) is 3.17. The van der Waals surface area contributed by atoms with Gasteiger partial charge in [-0.25, -0.2) is 4.99 Å². The van der Waals surface area contributed by atoms with Gasteiger partial charge >= 0.3 is 0 Å². The van der Waals surface area contributed by atoms with Crippen LogP contribution >= 0.6 is 22.9 Å². The molecule has 0 amide bonds. The maximum atomic E-state index is 6.04. The lowest BCUT2D eigenvalue weighted by atomic mass is 10.2. The van der Waals surface area contributed by atoms with Crippen molar-refractivity contribution in [3.8, 4) is 17.0 Å². The molecule has 3 rings (SSSR count). The second-order valence-electron chi connectivity index (χ2n) is 5.95. The van der Waals surface area contributed by atoms with Gasteiger partial charge in [0.25, 0.3) is 0 Å². The Morgan fingerprint density at radius 1 is 1.07 bits per heavy atom. The fraction of sp³-hybridized carbons (Fsp3) is 0.286. The summed E-state index contributed by atoms with van der Waals surface area (Å²) >= 11 is 7.67. The van der Waals surface area contributed by atoms with Crippen LogP contribution in [0.25, 0.3) is 11.3 Å². The van der Waals surface area contributed by atoms with Gasteiger partial charge in [0.15, 0.2) is 4.80 Å². The van der Waals surface area contributed by atoms with Crippen LogP contribution in [0.4, 0.5) is 5.69 Å². The fourth-order valence-corrected chi connectivity index (χ4v) is 3.83. The summed E-state index contributed by atoms with van der Waals surface area (Å²) in [6.07, 6.45) is 0.921. The Morgan fingerprint density at radius 3 is 2.48 bits per heavy atom. The molecule has 2 aromatic carbocycles. The van der Waals surface area contributed by atoms with E-state index in [0.717, 1.165) is 45.5 Å². The first kappa shape index (κ1) is 19.7. The van der Waals surface area contributed by atoms with Crippen LogP contribution in [0.5, 0.6) is 5.75 Å². The molecule has 0 spiro atoms. The van der Waals surface area contributed by atoms with E-state index >= 15 is 0 Å². The third-order valence-electron chi connectivity index (χ3n) is 4.04. The first-order valence-electron chi connectivity index (χ1n) is 8.92. The number of rotatable bonds is 8. The monoisotopic (exact) mass is 402 g/mol. The van der Waals surface area contributed by atoms with E-state index in [1.54, 1.807) is 18.4 Å². The van der Waals surface area contributed by atoms with E-state index < -0.39 is 0 Å². The molecular formula is C21H23ClN2O2S. The van der Waals surface area contributed by atoms with E-state index in [0.29, 0.717) is 13.2 Å². The van der Waals surface area contributed by atoms with E-state index in [4.69, 9.17) is 26.1 Å². The number of hydrogen-bond acceptors (Lipinski definition) is 4. The van der Waals surface area contributed by atoms with Crippen LogP contribution in [0.3, 0.4) is 0 Å². The smallest absolute Gasteiger partial charge is 0.190 e. The molecule has 6 heteroatoms. The average Bonchev–Trinajstić information content (AvgIpc) is 3.07. The highest BCUT2D eigenvalue weighted by Crippen LogP contribution is 2.23. The standard InChI is InChI=1S/C21H23ClN2O2S/c1-3-26-19-11-9-18(10-12-19)23-21-24(13-4-14-25-2)20(15-27-21)16-5-7-17(22)8-6-16/h5-12,15H,3-4,13-14H2,1-2H3. The number of aromatic nitrogens is 1. The SMILES string of the molecule is CCOc1ccc(N=c2scc(-c3ccc(Cl)cc3)n2CCCOC)cc1.